The SMILES string of the molecule is CC[C@H]1CN(c2ncc(NS(C)(=O)=O)cc2Cl)CCN1C1CCN(C(=O)c2ccc(Cl)cc2O)CC1. The average molecular weight is 557 g/mol. The number of carbonyl (C=O) groups is 1. The number of hydrogen-bond donors (Lipinski definition) is 2. The van der Waals surface area contributed by atoms with Crippen LogP contribution in [-0.4, -0.2) is 85.3 Å². The molecular formula is C24H31Cl2N5O4S. The molecule has 2 saturated heterocycles. The van der Waals surface area contributed by atoms with Crippen molar-refractivity contribution in [2.24, 2.45) is 0 Å². The van der Waals surface area contributed by atoms with Crippen molar-refractivity contribution in [3.05, 3.63) is 46.1 Å². The van der Waals surface area contributed by atoms with Gasteiger partial charge in [-0.2, -0.15) is 0 Å². The Labute approximate surface area is 222 Å². The Balaban J connectivity index is 1.37. The van der Waals surface area contributed by atoms with Gasteiger partial charge in [-0.25, -0.2) is 13.4 Å². The molecule has 1 aromatic heterocycles. The van der Waals surface area contributed by atoms with Crippen LogP contribution in [0.4, 0.5) is 11.5 Å². The third kappa shape index (κ3) is 6.16. The van der Waals surface area contributed by atoms with Crippen molar-refractivity contribution in [1.29, 1.82) is 0 Å². The van der Waals surface area contributed by atoms with Gasteiger partial charge in [0.15, 0.2) is 0 Å². The van der Waals surface area contributed by atoms with Gasteiger partial charge in [0.1, 0.15) is 11.6 Å². The van der Waals surface area contributed by atoms with Crippen LogP contribution in [0.1, 0.15) is 36.5 Å². The third-order valence-electron chi connectivity index (χ3n) is 6.83. The quantitative estimate of drug-likeness (QED) is 0.560. The molecule has 0 radical (unpaired) electrons. The van der Waals surface area contributed by atoms with E-state index < -0.39 is 10.0 Å². The second-order valence-corrected chi connectivity index (χ2v) is 11.9. The third-order valence-corrected chi connectivity index (χ3v) is 7.95. The number of likely N-dealkylation sites (tertiary alicyclic amines) is 1. The number of hydrogen-bond acceptors (Lipinski definition) is 7. The van der Waals surface area contributed by atoms with Gasteiger partial charge < -0.3 is 14.9 Å². The number of nitrogens with zero attached hydrogens (tertiary/aromatic N) is 4. The van der Waals surface area contributed by atoms with E-state index in [2.05, 4.69) is 26.4 Å². The van der Waals surface area contributed by atoms with Crippen LogP contribution in [0.2, 0.25) is 10.0 Å². The van der Waals surface area contributed by atoms with Crippen molar-refractivity contribution < 1.29 is 18.3 Å². The first-order valence-corrected chi connectivity index (χ1v) is 14.6. The number of amides is 1. The van der Waals surface area contributed by atoms with Crippen LogP contribution in [-0.2, 0) is 10.0 Å². The first kappa shape index (κ1) is 26.8. The van der Waals surface area contributed by atoms with E-state index >= 15 is 0 Å². The van der Waals surface area contributed by atoms with E-state index in [1.165, 1.54) is 12.3 Å². The second kappa shape index (κ2) is 11.0. The molecule has 2 aromatic rings. The summed E-state index contributed by atoms with van der Waals surface area (Å²) in [5.41, 5.74) is 0.616. The summed E-state index contributed by atoms with van der Waals surface area (Å²) in [4.78, 5) is 23.8. The first-order chi connectivity index (χ1) is 17.1. The van der Waals surface area contributed by atoms with Crippen LogP contribution in [0.25, 0.3) is 0 Å². The molecule has 1 amide bonds. The molecule has 2 N–H and O–H groups in total. The summed E-state index contributed by atoms with van der Waals surface area (Å²) in [7, 11) is -3.40. The van der Waals surface area contributed by atoms with Crippen LogP contribution in [0.15, 0.2) is 30.5 Å². The molecule has 0 spiro atoms. The molecule has 0 saturated carbocycles. The fourth-order valence-corrected chi connectivity index (χ4v) is 6.09. The molecule has 0 unspecified atom stereocenters. The van der Waals surface area contributed by atoms with Crippen LogP contribution in [0.3, 0.4) is 0 Å². The number of piperidine rings is 1. The Morgan fingerprint density at radius 1 is 1.17 bits per heavy atom. The topological polar surface area (TPSA) is 106 Å². The summed E-state index contributed by atoms with van der Waals surface area (Å²) in [5, 5.41) is 10.9. The molecule has 2 fully saturated rings. The van der Waals surface area contributed by atoms with Crippen LogP contribution >= 0.6 is 23.2 Å². The standard InChI is InChI=1S/C24H31Cl2N5O4S/c1-3-18-15-30(23-21(26)13-17(14-27-23)28-36(2,34)35)10-11-31(18)19-6-8-29(9-7-19)24(33)20-5-4-16(25)12-22(20)32/h4-5,12-14,18-19,28,32H,3,6-11,15H2,1-2H3/t18-/m0/s1. The number of aromatic hydroxyl groups is 1. The van der Waals surface area contributed by atoms with Gasteiger partial charge >= 0.3 is 0 Å². The molecule has 3 heterocycles. The van der Waals surface area contributed by atoms with Gasteiger partial charge in [-0.05, 0) is 43.5 Å². The minimum absolute atomic E-state index is 0.0933. The van der Waals surface area contributed by atoms with E-state index in [4.69, 9.17) is 23.2 Å². The van der Waals surface area contributed by atoms with E-state index in [9.17, 15) is 18.3 Å². The highest BCUT2D eigenvalue weighted by Gasteiger charge is 2.35. The smallest absolute Gasteiger partial charge is 0.257 e. The van der Waals surface area contributed by atoms with Crippen LogP contribution in [0.5, 0.6) is 5.75 Å². The molecule has 196 valence electrons. The summed E-state index contributed by atoms with van der Waals surface area (Å²) < 4.78 is 25.4. The number of anilines is 2. The Morgan fingerprint density at radius 2 is 1.89 bits per heavy atom. The number of aromatic nitrogens is 1. The molecular weight excluding hydrogens is 525 g/mol. The lowest BCUT2D eigenvalue weighted by molar-refractivity contribution is 0.0489. The number of pyridine rings is 1. The van der Waals surface area contributed by atoms with E-state index in [1.54, 1.807) is 23.1 Å². The molecule has 1 aromatic carbocycles. The lowest BCUT2D eigenvalue weighted by atomic mass is 9.97. The Kier molecular flexibility index (Phi) is 8.18. The van der Waals surface area contributed by atoms with Gasteiger partial charge in [-0.1, -0.05) is 30.1 Å². The summed E-state index contributed by atoms with van der Waals surface area (Å²) in [6.07, 6.45) is 5.26. The summed E-state index contributed by atoms with van der Waals surface area (Å²) in [5.74, 6) is 0.384. The summed E-state index contributed by atoms with van der Waals surface area (Å²) >= 11 is 12.4. The first-order valence-electron chi connectivity index (χ1n) is 12.0. The lowest BCUT2D eigenvalue weighted by Crippen LogP contribution is -2.58. The van der Waals surface area contributed by atoms with Crippen molar-refractivity contribution >= 4 is 50.6 Å². The molecule has 2 aliphatic rings. The Hall–Kier alpha value is -2.27. The van der Waals surface area contributed by atoms with E-state index in [0.29, 0.717) is 46.7 Å². The fraction of sp³-hybridized carbons (Fsp3) is 0.500. The van der Waals surface area contributed by atoms with Gasteiger partial charge in [-0.3, -0.25) is 14.4 Å². The summed E-state index contributed by atoms with van der Waals surface area (Å²) in [6, 6.07) is 6.83. The number of nitrogens with one attached hydrogen (secondary N) is 1. The highest BCUT2D eigenvalue weighted by molar-refractivity contribution is 7.92. The number of carbonyl (C=O) groups excluding carboxylic acids is 1. The lowest BCUT2D eigenvalue weighted by Gasteiger charge is -2.47. The minimum Gasteiger partial charge on any atom is -0.507 e. The predicted molar refractivity (Wildman–Crippen MR) is 143 cm³/mol. The number of phenols is 1. The molecule has 4 rings (SSSR count). The fourth-order valence-electron chi connectivity index (χ4n) is 5.10. The number of piperazine rings is 1. The van der Waals surface area contributed by atoms with Crippen LogP contribution < -0.4 is 9.62 Å². The minimum atomic E-state index is -3.40. The normalized spacial score (nSPS) is 19.9. The molecule has 1 atom stereocenters. The predicted octanol–water partition coefficient (Wildman–Crippen LogP) is 3.67. The zero-order valence-electron chi connectivity index (χ0n) is 20.3. The van der Waals surface area contributed by atoms with Gasteiger partial charge in [0.25, 0.3) is 5.91 Å². The largest absolute Gasteiger partial charge is 0.507 e. The molecule has 0 aliphatic carbocycles. The van der Waals surface area contributed by atoms with Gasteiger partial charge in [0.05, 0.1) is 28.7 Å². The Morgan fingerprint density at radius 3 is 2.50 bits per heavy atom. The van der Waals surface area contributed by atoms with E-state index in [1.807, 2.05) is 0 Å². The Bertz CT molecular complexity index is 1220. The van der Waals surface area contributed by atoms with Gasteiger partial charge in [0.2, 0.25) is 10.0 Å². The van der Waals surface area contributed by atoms with Crippen molar-refractivity contribution in [3.8, 4) is 5.75 Å². The molecule has 9 nitrogen and oxygen atoms in total. The highest BCUT2D eigenvalue weighted by Crippen LogP contribution is 2.31. The maximum Gasteiger partial charge on any atom is 0.257 e. The van der Waals surface area contributed by atoms with E-state index in [0.717, 1.165) is 45.2 Å². The molecule has 2 aliphatic heterocycles. The number of phenolic OH excluding ortho intramolecular Hbond substituents is 1. The second-order valence-electron chi connectivity index (χ2n) is 9.33. The molecule has 36 heavy (non-hydrogen) atoms. The number of halogens is 2. The monoisotopic (exact) mass is 555 g/mol. The molecule has 0 bridgehead atoms. The van der Waals surface area contributed by atoms with Crippen molar-refractivity contribution in [2.75, 3.05) is 48.6 Å². The van der Waals surface area contributed by atoms with E-state index in [-0.39, 0.29) is 17.2 Å². The zero-order chi connectivity index (χ0) is 26.0. The average Bonchev–Trinajstić information content (AvgIpc) is 2.82. The zero-order valence-corrected chi connectivity index (χ0v) is 22.7. The van der Waals surface area contributed by atoms with Crippen LogP contribution in [0, 0.1) is 0 Å². The summed E-state index contributed by atoms with van der Waals surface area (Å²) in [6.45, 7) is 5.78. The highest BCUT2D eigenvalue weighted by atomic mass is 35.5. The number of rotatable bonds is 6. The maximum absolute atomic E-state index is 12.9. The number of sulfonamides is 1. The van der Waals surface area contributed by atoms with Crippen molar-refractivity contribution in [1.82, 2.24) is 14.8 Å². The van der Waals surface area contributed by atoms with Gasteiger partial charge in [-0.15, -0.1) is 0 Å². The van der Waals surface area contributed by atoms with Crippen molar-refractivity contribution in [3.63, 3.8) is 0 Å². The van der Waals surface area contributed by atoms with Gasteiger partial charge in [0, 0.05) is 49.8 Å². The van der Waals surface area contributed by atoms with Crippen molar-refractivity contribution in [2.45, 2.75) is 38.3 Å². The number of benzene rings is 1. The maximum atomic E-state index is 12.9. The molecule has 12 heteroatoms.